The Balaban J connectivity index is 2.81. The first-order valence-electron chi connectivity index (χ1n) is 5.60. The minimum Gasteiger partial charge on any atom is -0.354 e. The van der Waals surface area contributed by atoms with Gasteiger partial charge < -0.3 is 10.6 Å². The van der Waals surface area contributed by atoms with E-state index in [9.17, 15) is 0 Å². The van der Waals surface area contributed by atoms with Crippen LogP contribution in [0.25, 0.3) is 0 Å². The number of nitrogens with two attached hydrogens (primary N) is 1. The van der Waals surface area contributed by atoms with Gasteiger partial charge in [0.2, 0.25) is 0 Å². The highest BCUT2D eigenvalue weighted by Gasteiger charge is 2.09. The molecule has 0 aliphatic heterocycles. The predicted octanol–water partition coefficient (Wildman–Crippen LogP) is 2.17. The molecule has 2 N–H and O–H groups in total. The van der Waals surface area contributed by atoms with Crippen LogP contribution in [0.15, 0.2) is 18.3 Å². The first-order valence-corrected chi connectivity index (χ1v) is 5.60. The van der Waals surface area contributed by atoms with E-state index in [0.29, 0.717) is 12.6 Å². The summed E-state index contributed by atoms with van der Waals surface area (Å²) in [4.78, 5) is 6.74. The molecule has 0 atom stereocenters. The van der Waals surface area contributed by atoms with Gasteiger partial charge in [0.1, 0.15) is 5.82 Å². The van der Waals surface area contributed by atoms with E-state index in [0.717, 1.165) is 24.3 Å². The van der Waals surface area contributed by atoms with Crippen LogP contribution >= 0.6 is 0 Å². The van der Waals surface area contributed by atoms with Gasteiger partial charge in [-0.1, -0.05) is 13.0 Å². The number of nitrogens with zero attached hydrogens (tertiary/aromatic N) is 2. The Morgan fingerprint density at radius 3 is 2.53 bits per heavy atom. The summed E-state index contributed by atoms with van der Waals surface area (Å²) in [6.45, 7) is 8.17. The van der Waals surface area contributed by atoms with Crippen LogP contribution in [-0.4, -0.2) is 17.6 Å². The zero-order valence-electron chi connectivity index (χ0n) is 9.90. The summed E-state index contributed by atoms with van der Waals surface area (Å²) in [6, 6.07) is 4.59. The normalized spacial score (nSPS) is 10.7. The van der Waals surface area contributed by atoms with Crippen LogP contribution < -0.4 is 10.6 Å². The second kappa shape index (κ2) is 5.71. The van der Waals surface area contributed by atoms with E-state index < -0.39 is 0 Å². The van der Waals surface area contributed by atoms with Crippen LogP contribution in [0.2, 0.25) is 0 Å². The van der Waals surface area contributed by atoms with Gasteiger partial charge in [0.25, 0.3) is 0 Å². The highest BCUT2D eigenvalue weighted by Crippen LogP contribution is 2.14. The molecule has 0 spiro atoms. The van der Waals surface area contributed by atoms with Gasteiger partial charge in [0.15, 0.2) is 0 Å². The lowest BCUT2D eigenvalue weighted by Gasteiger charge is -2.27. The van der Waals surface area contributed by atoms with Gasteiger partial charge in [0, 0.05) is 25.3 Å². The number of hydrogen-bond acceptors (Lipinski definition) is 3. The van der Waals surface area contributed by atoms with E-state index in [1.165, 1.54) is 0 Å². The summed E-state index contributed by atoms with van der Waals surface area (Å²) in [5.74, 6) is 1.05. The maximum absolute atomic E-state index is 5.54. The molecule has 1 aromatic rings. The highest BCUT2D eigenvalue weighted by atomic mass is 15.2. The standard InChI is InChI=1S/C12H21N3/c1-4-7-15(10(2)3)12-6-5-11(8-13)9-14-12/h5-6,9-10H,4,7-8,13H2,1-3H3. The number of anilines is 1. The third kappa shape index (κ3) is 3.20. The number of pyridine rings is 1. The molecule has 0 aliphatic rings. The first-order chi connectivity index (χ1) is 7.19. The van der Waals surface area contributed by atoms with Crippen molar-refractivity contribution in [1.82, 2.24) is 4.98 Å². The van der Waals surface area contributed by atoms with Crippen molar-refractivity contribution in [3.63, 3.8) is 0 Å². The second-order valence-electron chi connectivity index (χ2n) is 4.02. The van der Waals surface area contributed by atoms with Gasteiger partial charge >= 0.3 is 0 Å². The molecule has 15 heavy (non-hydrogen) atoms. The Hall–Kier alpha value is -1.09. The molecule has 1 aromatic heterocycles. The summed E-state index contributed by atoms with van der Waals surface area (Å²) in [5.41, 5.74) is 6.62. The van der Waals surface area contributed by atoms with Crippen molar-refractivity contribution in [3.8, 4) is 0 Å². The number of rotatable bonds is 5. The van der Waals surface area contributed by atoms with E-state index >= 15 is 0 Å². The minimum absolute atomic E-state index is 0.487. The summed E-state index contributed by atoms with van der Waals surface area (Å²) < 4.78 is 0. The fraction of sp³-hybridized carbons (Fsp3) is 0.583. The molecule has 0 unspecified atom stereocenters. The molecule has 0 aromatic carbocycles. The zero-order chi connectivity index (χ0) is 11.3. The van der Waals surface area contributed by atoms with Gasteiger partial charge in [-0.2, -0.15) is 0 Å². The molecular weight excluding hydrogens is 186 g/mol. The fourth-order valence-electron chi connectivity index (χ4n) is 1.59. The Labute approximate surface area is 92.3 Å². The molecule has 0 fully saturated rings. The van der Waals surface area contributed by atoms with Crippen LogP contribution in [0, 0.1) is 0 Å². The van der Waals surface area contributed by atoms with Gasteiger partial charge in [-0.05, 0) is 31.9 Å². The van der Waals surface area contributed by atoms with Crippen LogP contribution in [-0.2, 0) is 6.54 Å². The lowest BCUT2D eigenvalue weighted by Crippen LogP contribution is -2.32. The zero-order valence-corrected chi connectivity index (χ0v) is 9.90. The van der Waals surface area contributed by atoms with E-state index in [2.05, 4.69) is 36.7 Å². The van der Waals surface area contributed by atoms with Crippen molar-refractivity contribution in [2.75, 3.05) is 11.4 Å². The maximum atomic E-state index is 5.54. The topological polar surface area (TPSA) is 42.1 Å². The number of hydrogen-bond donors (Lipinski definition) is 1. The molecule has 3 heteroatoms. The monoisotopic (exact) mass is 207 g/mol. The Bertz CT molecular complexity index is 279. The average Bonchev–Trinajstić information content (AvgIpc) is 2.26. The van der Waals surface area contributed by atoms with E-state index in [-0.39, 0.29) is 0 Å². The average molecular weight is 207 g/mol. The maximum Gasteiger partial charge on any atom is 0.128 e. The van der Waals surface area contributed by atoms with E-state index in [1.807, 2.05) is 12.3 Å². The minimum atomic E-state index is 0.487. The SMILES string of the molecule is CCCN(c1ccc(CN)cn1)C(C)C. The van der Waals surface area contributed by atoms with Crippen LogP contribution in [0.3, 0.4) is 0 Å². The van der Waals surface area contributed by atoms with Crippen molar-refractivity contribution in [2.24, 2.45) is 5.73 Å². The van der Waals surface area contributed by atoms with Gasteiger partial charge in [0.05, 0.1) is 0 Å². The Kier molecular flexibility index (Phi) is 4.56. The van der Waals surface area contributed by atoms with Crippen molar-refractivity contribution in [2.45, 2.75) is 39.8 Å². The fourth-order valence-corrected chi connectivity index (χ4v) is 1.59. The lowest BCUT2D eigenvalue weighted by molar-refractivity contribution is 0.662. The van der Waals surface area contributed by atoms with E-state index in [4.69, 9.17) is 5.73 Å². The van der Waals surface area contributed by atoms with Crippen LogP contribution in [0.1, 0.15) is 32.8 Å². The second-order valence-corrected chi connectivity index (χ2v) is 4.02. The van der Waals surface area contributed by atoms with Crippen molar-refractivity contribution < 1.29 is 0 Å². The van der Waals surface area contributed by atoms with Crippen molar-refractivity contribution >= 4 is 5.82 Å². The molecule has 0 saturated carbocycles. The van der Waals surface area contributed by atoms with Gasteiger partial charge in [-0.3, -0.25) is 0 Å². The third-order valence-electron chi connectivity index (χ3n) is 2.43. The Morgan fingerprint density at radius 2 is 2.13 bits per heavy atom. The molecule has 1 heterocycles. The largest absolute Gasteiger partial charge is 0.354 e. The molecule has 1 rings (SSSR count). The third-order valence-corrected chi connectivity index (χ3v) is 2.43. The molecule has 84 valence electrons. The van der Waals surface area contributed by atoms with E-state index in [1.54, 1.807) is 0 Å². The molecule has 0 radical (unpaired) electrons. The first kappa shape index (κ1) is 12.0. The summed E-state index contributed by atoms with van der Waals surface area (Å²) in [6.07, 6.45) is 3.00. The van der Waals surface area contributed by atoms with Crippen LogP contribution in [0.4, 0.5) is 5.82 Å². The molecule has 3 nitrogen and oxygen atoms in total. The summed E-state index contributed by atoms with van der Waals surface area (Å²) >= 11 is 0. The predicted molar refractivity (Wildman–Crippen MR) is 64.9 cm³/mol. The summed E-state index contributed by atoms with van der Waals surface area (Å²) in [5, 5.41) is 0. The molecule has 0 saturated heterocycles. The van der Waals surface area contributed by atoms with Gasteiger partial charge in [-0.15, -0.1) is 0 Å². The highest BCUT2D eigenvalue weighted by molar-refractivity contribution is 5.40. The van der Waals surface area contributed by atoms with Crippen molar-refractivity contribution in [3.05, 3.63) is 23.9 Å². The van der Waals surface area contributed by atoms with Crippen molar-refractivity contribution in [1.29, 1.82) is 0 Å². The Morgan fingerprint density at radius 1 is 1.40 bits per heavy atom. The molecule has 0 bridgehead atoms. The smallest absolute Gasteiger partial charge is 0.128 e. The molecular formula is C12H21N3. The van der Waals surface area contributed by atoms with Crippen LogP contribution in [0.5, 0.6) is 0 Å². The summed E-state index contributed by atoms with van der Waals surface area (Å²) in [7, 11) is 0. The number of aromatic nitrogens is 1. The lowest BCUT2D eigenvalue weighted by atomic mass is 10.2. The van der Waals surface area contributed by atoms with Gasteiger partial charge in [-0.25, -0.2) is 4.98 Å². The quantitative estimate of drug-likeness (QED) is 0.804. The molecule has 0 aliphatic carbocycles. The molecule has 0 amide bonds.